The molecule has 1 heterocycles. The van der Waals surface area contributed by atoms with Gasteiger partial charge in [-0.25, -0.2) is 23.1 Å². The van der Waals surface area contributed by atoms with E-state index in [4.69, 9.17) is 9.47 Å². The van der Waals surface area contributed by atoms with Gasteiger partial charge in [-0.05, 0) is 31.3 Å². The zero-order valence-corrected chi connectivity index (χ0v) is 17.0. The molecule has 13 heteroatoms. The first-order valence-electron chi connectivity index (χ1n) is 8.60. The van der Waals surface area contributed by atoms with Crippen molar-refractivity contribution in [1.29, 1.82) is 0 Å². The van der Waals surface area contributed by atoms with Crippen LogP contribution in [0, 0.1) is 0 Å². The summed E-state index contributed by atoms with van der Waals surface area (Å²) in [7, 11) is -1.34. The van der Waals surface area contributed by atoms with Crippen LogP contribution in [-0.4, -0.2) is 50.4 Å². The SMILES string of the molecule is CNS(=O)(=O)c1ccc(OCC(F)(F)F)c(Nc2ncnc3cc(O)c(OC)cc23)c1. The van der Waals surface area contributed by atoms with Crippen molar-refractivity contribution in [3.63, 3.8) is 0 Å². The number of alkyl halides is 3. The second-order valence-electron chi connectivity index (χ2n) is 6.16. The number of phenolic OH excluding ortho intramolecular Hbond substituents is 1. The Balaban J connectivity index is 2.11. The molecule has 0 amide bonds. The van der Waals surface area contributed by atoms with Gasteiger partial charge in [0.15, 0.2) is 18.1 Å². The normalized spacial score (nSPS) is 12.0. The first-order valence-corrected chi connectivity index (χ1v) is 10.1. The van der Waals surface area contributed by atoms with Gasteiger partial charge in [0.25, 0.3) is 0 Å². The number of phenols is 1. The summed E-state index contributed by atoms with van der Waals surface area (Å²) in [6.45, 7) is -1.58. The Morgan fingerprint density at radius 3 is 2.52 bits per heavy atom. The fraction of sp³-hybridized carbons (Fsp3) is 0.222. The average Bonchev–Trinajstić information content (AvgIpc) is 2.71. The van der Waals surface area contributed by atoms with Crippen molar-refractivity contribution in [2.24, 2.45) is 0 Å². The summed E-state index contributed by atoms with van der Waals surface area (Å²) in [6.07, 6.45) is -3.43. The molecule has 166 valence electrons. The summed E-state index contributed by atoms with van der Waals surface area (Å²) in [5, 5.41) is 13.1. The van der Waals surface area contributed by atoms with Crippen LogP contribution in [0.1, 0.15) is 0 Å². The summed E-state index contributed by atoms with van der Waals surface area (Å²) >= 11 is 0. The number of aromatic hydroxyl groups is 1. The molecule has 0 unspecified atom stereocenters. The van der Waals surface area contributed by atoms with Gasteiger partial charge in [0, 0.05) is 11.5 Å². The van der Waals surface area contributed by atoms with Gasteiger partial charge < -0.3 is 19.9 Å². The number of ether oxygens (including phenoxy) is 2. The molecule has 0 spiro atoms. The van der Waals surface area contributed by atoms with Gasteiger partial charge in [0.1, 0.15) is 17.9 Å². The van der Waals surface area contributed by atoms with E-state index in [9.17, 15) is 26.7 Å². The third kappa shape index (κ3) is 5.06. The summed E-state index contributed by atoms with van der Waals surface area (Å²) < 4.78 is 74.2. The largest absolute Gasteiger partial charge is 0.504 e. The highest BCUT2D eigenvalue weighted by Crippen LogP contribution is 2.36. The lowest BCUT2D eigenvalue weighted by Crippen LogP contribution is -2.20. The van der Waals surface area contributed by atoms with Gasteiger partial charge in [-0.3, -0.25) is 0 Å². The van der Waals surface area contributed by atoms with Crippen LogP contribution in [0.5, 0.6) is 17.2 Å². The maximum absolute atomic E-state index is 12.6. The number of hydrogen-bond donors (Lipinski definition) is 3. The van der Waals surface area contributed by atoms with E-state index in [0.29, 0.717) is 10.9 Å². The molecule has 0 aliphatic heterocycles. The number of nitrogens with one attached hydrogen (secondary N) is 2. The molecule has 0 fully saturated rings. The Hall–Kier alpha value is -3.32. The van der Waals surface area contributed by atoms with Crippen molar-refractivity contribution < 1.29 is 36.2 Å². The summed E-state index contributed by atoms with van der Waals surface area (Å²) in [6, 6.07) is 6.08. The van der Waals surface area contributed by atoms with E-state index in [1.165, 1.54) is 32.6 Å². The molecule has 0 radical (unpaired) electrons. The number of nitrogens with zero attached hydrogens (tertiary/aromatic N) is 2. The van der Waals surface area contributed by atoms with E-state index in [1.54, 1.807) is 0 Å². The standard InChI is InChI=1S/C18H17F3N4O5S/c1-22-31(27,28)10-3-4-15(30-8-18(19,20)21)13(5-10)25-17-11-6-16(29-2)14(26)7-12(11)23-9-24-17/h3-7,9,22,26H,8H2,1-2H3,(H,23,24,25). The monoisotopic (exact) mass is 458 g/mol. The lowest BCUT2D eigenvalue weighted by atomic mass is 10.2. The van der Waals surface area contributed by atoms with Gasteiger partial charge in [-0.2, -0.15) is 13.2 Å². The molecule has 0 aliphatic carbocycles. The van der Waals surface area contributed by atoms with E-state index in [0.717, 1.165) is 18.2 Å². The summed E-state index contributed by atoms with van der Waals surface area (Å²) in [5.74, 6) is -0.176. The number of hydrogen-bond acceptors (Lipinski definition) is 8. The predicted octanol–water partition coefficient (Wildman–Crippen LogP) is 2.94. The number of sulfonamides is 1. The number of rotatable bonds is 7. The highest BCUT2D eigenvalue weighted by atomic mass is 32.2. The molecule has 0 saturated heterocycles. The molecule has 3 N–H and O–H groups in total. The van der Waals surface area contributed by atoms with E-state index in [2.05, 4.69) is 20.0 Å². The molecule has 0 atom stereocenters. The van der Waals surface area contributed by atoms with Gasteiger partial charge in [-0.1, -0.05) is 0 Å². The number of fused-ring (bicyclic) bond motifs is 1. The molecule has 1 aromatic heterocycles. The fourth-order valence-corrected chi connectivity index (χ4v) is 3.40. The maximum Gasteiger partial charge on any atom is 0.422 e. The first kappa shape index (κ1) is 22.4. The fourth-order valence-electron chi connectivity index (χ4n) is 2.64. The van der Waals surface area contributed by atoms with Crippen molar-refractivity contribution in [3.8, 4) is 17.2 Å². The molecule has 9 nitrogen and oxygen atoms in total. The number of benzene rings is 2. The Labute approximate surface area is 174 Å². The van der Waals surface area contributed by atoms with Crippen LogP contribution >= 0.6 is 0 Å². The lowest BCUT2D eigenvalue weighted by molar-refractivity contribution is -0.153. The maximum atomic E-state index is 12.6. The van der Waals surface area contributed by atoms with Crippen molar-refractivity contribution in [1.82, 2.24) is 14.7 Å². The van der Waals surface area contributed by atoms with E-state index in [1.807, 2.05) is 0 Å². The second kappa shape index (κ2) is 8.43. The van der Waals surface area contributed by atoms with Crippen molar-refractivity contribution in [3.05, 3.63) is 36.7 Å². The van der Waals surface area contributed by atoms with Gasteiger partial charge in [0.05, 0.1) is 23.2 Å². The molecular weight excluding hydrogens is 441 g/mol. The van der Waals surface area contributed by atoms with Crippen LogP contribution in [0.4, 0.5) is 24.7 Å². The highest BCUT2D eigenvalue weighted by molar-refractivity contribution is 7.89. The lowest BCUT2D eigenvalue weighted by Gasteiger charge is -2.16. The zero-order chi connectivity index (χ0) is 22.8. The topological polar surface area (TPSA) is 123 Å². The number of aromatic nitrogens is 2. The summed E-state index contributed by atoms with van der Waals surface area (Å²) in [4.78, 5) is 7.89. The van der Waals surface area contributed by atoms with Crippen molar-refractivity contribution >= 4 is 32.4 Å². The predicted molar refractivity (Wildman–Crippen MR) is 105 cm³/mol. The van der Waals surface area contributed by atoms with Gasteiger partial charge >= 0.3 is 6.18 Å². The molecular formula is C18H17F3N4O5S. The quantitative estimate of drug-likeness (QED) is 0.494. The molecule has 0 aliphatic rings. The van der Waals surface area contributed by atoms with E-state index < -0.39 is 22.8 Å². The Morgan fingerprint density at radius 2 is 1.87 bits per heavy atom. The molecule has 31 heavy (non-hydrogen) atoms. The van der Waals surface area contributed by atoms with Crippen LogP contribution in [0.3, 0.4) is 0 Å². The minimum Gasteiger partial charge on any atom is -0.504 e. The van der Waals surface area contributed by atoms with Gasteiger partial charge in [0.2, 0.25) is 10.0 Å². The summed E-state index contributed by atoms with van der Waals surface area (Å²) in [5.41, 5.74) is 0.236. The Bertz CT molecular complexity index is 1220. The molecule has 0 saturated carbocycles. The molecule has 3 rings (SSSR count). The zero-order valence-electron chi connectivity index (χ0n) is 16.2. The smallest absolute Gasteiger partial charge is 0.422 e. The molecule has 0 bridgehead atoms. The number of halogens is 3. The third-order valence-electron chi connectivity index (χ3n) is 4.11. The minimum absolute atomic E-state index is 0.0763. The van der Waals surface area contributed by atoms with E-state index >= 15 is 0 Å². The average molecular weight is 458 g/mol. The van der Waals surface area contributed by atoms with Crippen LogP contribution in [0.25, 0.3) is 10.9 Å². The van der Waals surface area contributed by atoms with Crippen molar-refractivity contribution in [2.45, 2.75) is 11.1 Å². The van der Waals surface area contributed by atoms with Crippen LogP contribution in [-0.2, 0) is 10.0 Å². The number of anilines is 2. The van der Waals surface area contributed by atoms with Crippen LogP contribution in [0.2, 0.25) is 0 Å². The second-order valence-corrected chi connectivity index (χ2v) is 8.04. The Kier molecular flexibility index (Phi) is 6.08. The molecule has 3 aromatic rings. The highest BCUT2D eigenvalue weighted by Gasteiger charge is 2.29. The van der Waals surface area contributed by atoms with Crippen molar-refractivity contribution in [2.75, 3.05) is 26.1 Å². The van der Waals surface area contributed by atoms with Crippen LogP contribution in [0.15, 0.2) is 41.6 Å². The number of methoxy groups -OCH3 is 1. The van der Waals surface area contributed by atoms with E-state index in [-0.39, 0.29) is 33.6 Å². The minimum atomic E-state index is -4.60. The van der Waals surface area contributed by atoms with Crippen LogP contribution < -0.4 is 19.5 Å². The Morgan fingerprint density at radius 1 is 1.13 bits per heavy atom. The molecule has 2 aromatic carbocycles. The third-order valence-corrected chi connectivity index (χ3v) is 5.52. The first-order chi connectivity index (χ1) is 14.5. The van der Waals surface area contributed by atoms with Gasteiger partial charge in [-0.15, -0.1) is 0 Å².